The van der Waals surface area contributed by atoms with Crippen LogP contribution in [0.5, 0.6) is 0 Å². The molecule has 0 bridgehead atoms. The number of furan rings is 1. The molecule has 22 heavy (non-hydrogen) atoms. The second-order valence-electron chi connectivity index (χ2n) is 5.10. The molecule has 0 radical (unpaired) electrons. The molecule has 0 saturated carbocycles. The predicted molar refractivity (Wildman–Crippen MR) is 81.3 cm³/mol. The summed E-state index contributed by atoms with van der Waals surface area (Å²) < 4.78 is 10.5. The monoisotopic (exact) mass is 296 g/mol. The van der Waals surface area contributed by atoms with Crippen molar-refractivity contribution in [2.24, 2.45) is 0 Å². The Labute approximate surface area is 127 Å². The van der Waals surface area contributed by atoms with Gasteiger partial charge < -0.3 is 14.3 Å². The van der Waals surface area contributed by atoms with E-state index >= 15 is 0 Å². The Morgan fingerprint density at radius 2 is 2.05 bits per heavy atom. The topological polar surface area (TPSA) is 68.3 Å². The van der Waals surface area contributed by atoms with E-state index in [9.17, 15) is 4.79 Å². The van der Waals surface area contributed by atoms with E-state index in [2.05, 4.69) is 10.5 Å². The third-order valence-corrected chi connectivity index (χ3v) is 3.27. The van der Waals surface area contributed by atoms with Gasteiger partial charge in [-0.3, -0.25) is 4.79 Å². The lowest BCUT2D eigenvalue weighted by Crippen LogP contribution is -2.34. The van der Waals surface area contributed by atoms with E-state index in [1.165, 1.54) is 0 Å². The van der Waals surface area contributed by atoms with Crippen LogP contribution in [0.1, 0.15) is 23.2 Å². The van der Waals surface area contributed by atoms with Crippen molar-refractivity contribution >= 4 is 5.91 Å². The number of amides is 1. The lowest BCUT2D eigenvalue weighted by Gasteiger charge is -2.10. The number of carbonyl (C=O) groups is 1. The number of carbonyl (C=O) groups excluding carboxylic acids is 1. The summed E-state index contributed by atoms with van der Waals surface area (Å²) >= 11 is 0. The number of benzene rings is 1. The van der Waals surface area contributed by atoms with Gasteiger partial charge in [0.1, 0.15) is 5.76 Å². The fourth-order valence-electron chi connectivity index (χ4n) is 2.20. The number of nitrogens with one attached hydrogen (secondary N) is 1. The van der Waals surface area contributed by atoms with E-state index in [1.807, 2.05) is 49.4 Å². The Balaban J connectivity index is 1.64. The maximum Gasteiger partial charge on any atom is 0.273 e. The van der Waals surface area contributed by atoms with Crippen LogP contribution in [-0.4, -0.2) is 17.1 Å². The minimum atomic E-state index is -0.259. The first-order chi connectivity index (χ1) is 10.7. The summed E-state index contributed by atoms with van der Waals surface area (Å²) in [6.07, 6.45) is 2.25. The van der Waals surface area contributed by atoms with Crippen molar-refractivity contribution in [2.45, 2.75) is 19.4 Å². The van der Waals surface area contributed by atoms with Crippen LogP contribution in [0.4, 0.5) is 0 Å². The first-order valence-electron chi connectivity index (χ1n) is 7.08. The maximum atomic E-state index is 12.2. The maximum absolute atomic E-state index is 12.2. The van der Waals surface area contributed by atoms with Crippen molar-refractivity contribution in [2.75, 3.05) is 0 Å². The molecule has 0 saturated heterocycles. The Kier molecular flexibility index (Phi) is 4.05. The van der Waals surface area contributed by atoms with Gasteiger partial charge in [0.25, 0.3) is 5.91 Å². The van der Waals surface area contributed by atoms with Crippen molar-refractivity contribution < 1.29 is 13.7 Å². The molecule has 0 aliphatic rings. The van der Waals surface area contributed by atoms with Crippen LogP contribution in [0, 0.1) is 0 Å². The molecule has 1 aromatic carbocycles. The second-order valence-corrected chi connectivity index (χ2v) is 5.10. The zero-order valence-corrected chi connectivity index (χ0v) is 12.2. The number of rotatable bonds is 5. The molecule has 0 aliphatic carbocycles. The normalized spacial score (nSPS) is 12.0. The molecule has 1 atom stereocenters. The molecule has 2 heterocycles. The van der Waals surface area contributed by atoms with Gasteiger partial charge in [0, 0.05) is 24.1 Å². The molecule has 1 unspecified atom stereocenters. The third kappa shape index (κ3) is 3.25. The Morgan fingerprint density at radius 3 is 2.77 bits per heavy atom. The molecule has 0 spiro atoms. The lowest BCUT2D eigenvalue weighted by atomic mass is 10.1. The minimum absolute atomic E-state index is 0.0597. The highest BCUT2D eigenvalue weighted by atomic mass is 16.5. The lowest BCUT2D eigenvalue weighted by molar-refractivity contribution is 0.0930. The molecule has 2 aromatic heterocycles. The van der Waals surface area contributed by atoms with Crippen molar-refractivity contribution in [3.05, 3.63) is 66.2 Å². The largest absolute Gasteiger partial charge is 0.469 e. The second kappa shape index (κ2) is 6.30. The van der Waals surface area contributed by atoms with Crippen LogP contribution in [-0.2, 0) is 6.42 Å². The molecule has 1 N–H and O–H groups in total. The van der Waals surface area contributed by atoms with Crippen LogP contribution < -0.4 is 5.32 Å². The van der Waals surface area contributed by atoms with Crippen LogP contribution >= 0.6 is 0 Å². The van der Waals surface area contributed by atoms with E-state index in [0.29, 0.717) is 12.2 Å². The first-order valence-corrected chi connectivity index (χ1v) is 7.08. The fourth-order valence-corrected chi connectivity index (χ4v) is 2.20. The predicted octanol–water partition coefficient (Wildman–Crippen LogP) is 3.30. The van der Waals surface area contributed by atoms with Gasteiger partial charge >= 0.3 is 0 Å². The molecule has 0 aliphatic heterocycles. The van der Waals surface area contributed by atoms with Gasteiger partial charge in [0.15, 0.2) is 11.5 Å². The van der Waals surface area contributed by atoms with Gasteiger partial charge in [-0.1, -0.05) is 35.5 Å². The van der Waals surface area contributed by atoms with Gasteiger partial charge in [0.2, 0.25) is 0 Å². The molecule has 0 fully saturated rings. The van der Waals surface area contributed by atoms with Crippen LogP contribution in [0.3, 0.4) is 0 Å². The summed E-state index contributed by atoms with van der Waals surface area (Å²) in [4.78, 5) is 12.2. The standard InChI is InChI=1S/C17H16N2O3/c1-12(10-14-8-5-9-21-14)18-17(20)15-11-16(22-19-15)13-6-3-2-4-7-13/h2-9,11-12H,10H2,1H3,(H,18,20). The van der Waals surface area contributed by atoms with E-state index in [-0.39, 0.29) is 17.6 Å². The van der Waals surface area contributed by atoms with E-state index < -0.39 is 0 Å². The molecular weight excluding hydrogens is 280 g/mol. The summed E-state index contributed by atoms with van der Waals surface area (Å²) in [5.74, 6) is 1.15. The van der Waals surface area contributed by atoms with Gasteiger partial charge in [-0.05, 0) is 19.1 Å². The van der Waals surface area contributed by atoms with Crippen LogP contribution in [0.25, 0.3) is 11.3 Å². The van der Waals surface area contributed by atoms with Crippen molar-refractivity contribution in [1.29, 1.82) is 0 Å². The number of nitrogens with zero attached hydrogens (tertiary/aromatic N) is 1. The Hall–Kier alpha value is -2.82. The summed E-state index contributed by atoms with van der Waals surface area (Å²) in [7, 11) is 0. The van der Waals surface area contributed by atoms with Crippen molar-refractivity contribution in [1.82, 2.24) is 10.5 Å². The summed E-state index contributed by atoms with van der Waals surface area (Å²) in [5, 5.41) is 6.71. The fraction of sp³-hybridized carbons (Fsp3) is 0.176. The van der Waals surface area contributed by atoms with Crippen LogP contribution in [0.2, 0.25) is 0 Å². The summed E-state index contributed by atoms with van der Waals surface area (Å²) in [6.45, 7) is 1.92. The highest BCUT2D eigenvalue weighted by Crippen LogP contribution is 2.19. The zero-order valence-electron chi connectivity index (χ0n) is 12.2. The van der Waals surface area contributed by atoms with Crippen molar-refractivity contribution in [3.63, 3.8) is 0 Å². The summed E-state index contributed by atoms with van der Waals surface area (Å²) in [5.41, 5.74) is 1.16. The van der Waals surface area contributed by atoms with E-state index in [4.69, 9.17) is 8.94 Å². The average molecular weight is 296 g/mol. The SMILES string of the molecule is CC(Cc1ccco1)NC(=O)c1cc(-c2ccccc2)on1. The molecule has 5 nitrogen and oxygen atoms in total. The van der Waals surface area contributed by atoms with E-state index in [0.717, 1.165) is 11.3 Å². The van der Waals surface area contributed by atoms with Crippen molar-refractivity contribution in [3.8, 4) is 11.3 Å². The molecular formula is C17H16N2O3. The Morgan fingerprint density at radius 1 is 1.23 bits per heavy atom. The minimum Gasteiger partial charge on any atom is -0.469 e. The summed E-state index contributed by atoms with van der Waals surface area (Å²) in [6, 6.07) is 14.8. The van der Waals surface area contributed by atoms with Crippen LogP contribution in [0.15, 0.2) is 63.7 Å². The molecule has 5 heteroatoms. The van der Waals surface area contributed by atoms with Gasteiger partial charge in [-0.25, -0.2) is 0 Å². The number of hydrogen-bond acceptors (Lipinski definition) is 4. The highest BCUT2D eigenvalue weighted by Gasteiger charge is 2.16. The number of hydrogen-bond donors (Lipinski definition) is 1. The average Bonchev–Trinajstić information content (AvgIpc) is 3.19. The van der Waals surface area contributed by atoms with Gasteiger partial charge in [-0.2, -0.15) is 0 Å². The number of aromatic nitrogens is 1. The molecule has 1 amide bonds. The third-order valence-electron chi connectivity index (χ3n) is 3.27. The van der Waals surface area contributed by atoms with Gasteiger partial charge in [0.05, 0.1) is 6.26 Å². The smallest absolute Gasteiger partial charge is 0.273 e. The Bertz CT molecular complexity index is 732. The molecule has 112 valence electrons. The molecule has 3 rings (SSSR count). The molecule has 3 aromatic rings. The zero-order chi connectivity index (χ0) is 15.4. The van der Waals surface area contributed by atoms with E-state index in [1.54, 1.807) is 12.3 Å². The quantitative estimate of drug-likeness (QED) is 0.784. The highest BCUT2D eigenvalue weighted by molar-refractivity contribution is 5.93. The van der Waals surface area contributed by atoms with Gasteiger partial charge in [-0.15, -0.1) is 0 Å². The first kappa shape index (κ1) is 14.1.